The van der Waals surface area contributed by atoms with Crippen LogP contribution in [-0.2, 0) is 4.79 Å². The van der Waals surface area contributed by atoms with E-state index in [0.717, 1.165) is 10.9 Å². The van der Waals surface area contributed by atoms with Crippen LogP contribution in [0.5, 0.6) is 11.5 Å². The molecule has 0 radical (unpaired) electrons. The number of rotatable bonds is 6. The van der Waals surface area contributed by atoms with Crippen molar-refractivity contribution in [2.75, 3.05) is 32.0 Å². The number of aliphatic hydroxyl groups is 1. The Labute approximate surface area is 208 Å². The summed E-state index contributed by atoms with van der Waals surface area (Å²) in [5, 5.41) is 18.7. The number of benzene rings is 1. The Morgan fingerprint density at radius 2 is 1.86 bits per heavy atom. The van der Waals surface area contributed by atoms with E-state index in [1.165, 1.54) is 10.8 Å². The molecule has 1 aliphatic heterocycles. The number of aromatic nitrogens is 2. The van der Waals surface area contributed by atoms with Crippen LogP contribution in [0.3, 0.4) is 0 Å². The number of carbonyl (C=O) groups excluding carboxylic acids is 3. The van der Waals surface area contributed by atoms with E-state index in [1.807, 2.05) is 12.1 Å². The fraction of sp³-hybridized carbons (Fsp3) is 0.360. The van der Waals surface area contributed by atoms with Gasteiger partial charge in [0.05, 0.1) is 11.1 Å². The molecule has 4 amide bonds. The van der Waals surface area contributed by atoms with E-state index in [2.05, 4.69) is 20.9 Å². The number of ether oxygens (including phenoxy) is 1. The highest BCUT2D eigenvalue weighted by molar-refractivity contribution is 5.92. The third-order valence-corrected chi connectivity index (χ3v) is 6.12. The van der Waals surface area contributed by atoms with Gasteiger partial charge in [0.1, 0.15) is 17.3 Å². The van der Waals surface area contributed by atoms with Gasteiger partial charge in [-0.3, -0.25) is 14.7 Å². The van der Waals surface area contributed by atoms with Crippen LogP contribution in [0.1, 0.15) is 26.2 Å². The topological polar surface area (TPSA) is 138 Å². The van der Waals surface area contributed by atoms with Crippen LogP contribution in [0.25, 0.3) is 10.9 Å². The molecule has 0 bridgehead atoms. The predicted molar refractivity (Wildman–Crippen MR) is 134 cm³/mol. The normalized spacial score (nSPS) is 14.8. The molecule has 0 aliphatic carbocycles. The molecule has 1 aliphatic rings. The molecule has 11 heteroatoms. The van der Waals surface area contributed by atoms with E-state index in [1.54, 1.807) is 49.3 Å². The van der Waals surface area contributed by atoms with Crippen LogP contribution in [0.15, 0.2) is 48.8 Å². The number of hydrogen-bond acceptors (Lipinski definition) is 6. The molecule has 4 N–H and O–H groups in total. The van der Waals surface area contributed by atoms with Gasteiger partial charge in [-0.25, -0.2) is 14.6 Å². The predicted octanol–water partition coefficient (Wildman–Crippen LogP) is 2.90. The SMILES string of the molecule is CNC(=O)n1ccc2cc(Oc3ccnc(NC(=O)NCCC(=O)N4CCC(C)(O)CC4)c3)ccc21. The number of likely N-dealkylation sites (tertiary alicyclic amines) is 1. The second-order valence-corrected chi connectivity index (χ2v) is 8.95. The van der Waals surface area contributed by atoms with Crippen molar-refractivity contribution in [3.63, 3.8) is 0 Å². The molecule has 4 rings (SSSR count). The van der Waals surface area contributed by atoms with Crippen molar-refractivity contribution >= 4 is 34.7 Å². The zero-order chi connectivity index (χ0) is 25.7. The highest BCUT2D eigenvalue weighted by Gasteiger charge is 2.29. The summed E-state index contributed by atoms with van der Waals surface area (Å²) in [6, 6.07) is 9.72. The van der Waals surface area contributed by atoms with Crippen LogP contribution in [0.4, 0.5) is 15.4 Å². The first kappa shape index (κ1) is 25.0. The number of pyridine rings is 1. The Morgan fingerprint density at radius 3 is 2.61 bits per heavy atom. The van der Waals surface area contributed by atoms with E-state index < -0.39 is 11.6 Å². The third-order valence-electron chi connectivity index (χ3n) is 6.12. The van der Waals surface area contributed by atoms with Crippen molar-refractivity contribution in [2.24, 2.45) is 0 Å². The second-order valence-electron chi connectivity index (χ2n) is 8.95. The quantitative estimate of drug-likeness (QED) is 0.416. The van der Waals surface area contributed by atoms with Crippen molar-refractivity contribution in [1.29, 1.82) is 0 Å². The average molecular weight is 495 g/mol. The summed E-state index contributed by atoms with van der Waals surface area (Å²) in [6.45, 7) is 2.99. The molecule has 3 heterocycles. The maximum absolute atomic E-state index is 12.3. The molecule has 0 saturated carbocycles. The van der Waals surface area contributed by atoms with Gasteiger partial charge < -0.3 is 25.4 Å². The lowest BCUT2D eigenvalue weighted by Gasteiger charge is -2.35. The Bertz CT molecular complexity index is 1260. The minimum atomic E-state index is -0.717. The summed E-state index contributed by atoms with van der Waals surface area (Å²) in [6.07, 6.45) is 4.47. The van der Waals surface area contributed by atoms with Crippen molar-refractivity contribution < 1.29 is 24.2 Å². The highest BCUT2D eigenvalue weighted by atomic mass is 16.5. The molecule has 0 spiro atoms. The van der Waals surface area contributed by atoms with E-state index in [-0.39, 0.29) is 24.9 Å². The number of fused-ring (bicyclic) bond motifs is 1. The van der Waals surface area contributed by atoms with Crippen LogP contribution >= 0.6 is 0 Å². The first-order valence-electron chi connectivity index (χ1n) is 11.8. The van der Waals surface area contributed by atoms with E-state index in [4.69, 9.17) is 4.74 Å². The van der Waals surface area contributed by atoms with Crippen molar-refractivity contribution in [1.82, 2.24) is 25.1 Å². The summed E-state index contributed by atoms with van der Waals surface area (Å²) in [5.74, 6) is 1.28. The molecule has 11 nitrogen and oxygen atoms in total. The first-order chi connectivity index (χ1) is 17.2. The van der Waals surface area contributed by atoms with Gasteiger partial charge in [0.25, 0.3) is 0 Å². The molecule has 0 unspecified atom stereocenters. The summed E-state index contributed by atoms with van der Waals surface area (Å²) < 4.78 is 7.42. The van der Waals surface area contributed by atoms with Gasteiger partial charge >= 0.3 is 12.1 Å². The minimum Gasteiger partial charge on any atom is -0.457 e. The number of hydrogen-bond donors (Lipinski definition) is 4. The lowest BCUT2D eigenvalue weighted by atomic mass is 9.94. The zero-order valence-corrected chi connectivity index (χ0v) is 20.3. The molecule has 1 fully saturated rings. The van der Waals surface area contributed by atoms with Crippen molar-refractivity contribution in [3.8, 4) is 11.5 Å². The molecular formula is C25H30N6O5. The minimum absolute atomic E-state index is 0.0537. The zero-order valence-electron chi connectivity index (χ0n) is 20.3. The Kier molecular flexibility index (Phi) is 7.39. The van der Waals surface area contributed by atoms with Gasteiger partial charge in [-0.05, 0) is 50.1 Å². The van der Waals surface area contributed by atoms with Crippen LogP contribution in [-0.4, -0.2) is 69.8 Å². The molecule has 0 atom stereocenters. The number of urea groups is 1. The van der Waals surface area contributed by atoms with Gasteiger partial charge in [0, 0.05) is 56.9 Å². The van der Waals surface area contributed by atoms with Gasteiger partial charge in [0.15, 0.2) is 0 Å². The number of piperidine rings is 1. The van der Waals surface area contributed by atoms with Crippen LogP contribution in [0, 0.1) is 0 Å². The third kappa shape index (κ3) is 6.11. The molecular weight excluding hydrogens is 464 g/mol. The van der Waals surface area contributed by atoms with E-state index in [9.17, 15) is 19.5 Å². The summed E-state index contributed by atoms with van der Waals surface area (Å²) in [4.78, 5) is 42.4. The lowest BCUT2D eigenvalue weighted by Crippen LogP contribution is -2.45. The molecule has 2 aromatic heterocycles. The lowest BCUT2D eigenvalue weighted by molar-refractivity contribution is -0.134. The standard InChI is InChI=1S/C25H30N6O5/c1-25(35)8-13-30(14-9-25)22(32)6-11-28-23(33)29-21-16-19(5-10-27-21)36-18-3-4-20-17(15-18)7-12-31(20)24(34)26-2/h3-5,7,10,12,15-16,35H,6,8-9,11,13-14H2,1-2H3,(H,26,34)(H2,27,28,29,33). The van der Waals surface area contributed by atoms with Crippen molar-refractivity contribution in [2.45, 2.75) is 31.8 Å². The van der Waals surface area contributed by atoms with Crippen LogP contribution < -0.4 is 20.7 Å². The number of nitrogens with one attached hydrogen (secondary N) is 3. The number of amides is 4. The number of anilines is 1. The highest BCUT2D eigenvalue weighted by Crippen LogP contribution is 2.27. The Hall–Kier alpha value is -4.12. The van der Waals surface area contributed by atoms with Gasteiger partial charge in [0.2, 0.25) is 5.91 Å². The Balaban J connectivity index is 1.28. The fourth-order valence-corrected chi connectivity index (χ4v) is 4.00. The van der Waals surface area contributed by atoms with E-state index >= 15 is 0 Å². The summed E-state index contributed by atoms with van der Waals surface area (Å²) in [5.41, 5.74) is 0.0345. The fourth-order valence-electron chi connectivity index (χ4n) is 4.00. The molecule has 1 saturated heterocycles. The van der Waals surface area contributed by atoms with Gasteiger partial charge in [-0.2, -0.15) is 0 Å². The first-order valence-corrected chi connectivity index (χ1v) is 11.8. The van der Waals surface area contributed by atoms with Gasteiger partial charge in [-0.15, -0.1) is 0 Å². The van der Waals surface area contributed by atoms with Crippen molar-refractivity contribution in [3.05, 3.63) is 48.8 Å². The van der Waals surface area contributed by atoms with Gasteiger partial charge in [-0.1, -0.05) is 0 Å². The number of nitrogens with zero attached hydrogens (tertiary/aromatic N) is 3. The molecule has 190 valence electrons. The molecule has 36 heavy (non-hydrogen) atoms. The maximum atomic E-state index is 12.3. The summed E-state index contributed by atoms with van der Waals surface area (Å²) in [7, 11) is 1.57. The Morgan fingerprint density at radius 1 is 1.11 bits per heavy atom. The largest absolute Gasteiger partial charge is 0.457 e. The summed E-state index contributed by atoms with van der Waals surface area (Å²) >= 11 is 0. The smallest absolute Gasteiger partial charge is 0.325 e. The number of carbonyl (C=O) groups is 3. The average Bonchev–Trinajstić information content (AvgIpc) is 3.27. The second kappa shape index (κ2) is 10.6. The monoisotopic (exact) mass is 494 g/mol. The molecule has 3 aromatic rings. The van der Waals surface area contributed by atoms with Crippen LogP contribution in [0.2, 0.25) is 0 Å². The molecule has 1 aromatic carbocycles. The maximum Gasteiger partial charge on any atom is 0.325 e. The van der Waals surface area contributed by atoms with E-state index in [0.29, 0.717) is 43.2 Å².